The van der Waals surface area contributed by atoms with Gasteiger partial charge in [0.05, 0.1) is 7.11 Å². The van der Waals surface area contributed by atoms with Crippen molar-refractivity contribution in [2.75, 3.05) is 12.4 Å². The molecule has 0 aliphatic carbocycles. The number of benzene rings is 2. The van der Waals surface area contributed by atoms with Crippen molar-refractivity contribution in [3.63, 3.8) is 0 Å². The van der Waals surface area contributed by atoms with Gasteiger partial charge in [-0.05, 0) is 48.5 Å². The summed E-state index contributed by atoms with van der Waals surface area (Å²) in [5, 5.41) is 11.5. The van der Waals surface area contributed by atoms with Gasteiger partial charge in [0.1, 0.15) is 23.9 Å². The fraction of sp³-hybridized carbons (Fsp3) is 0.118. The smallest absolute Gasteiger partial charge is 0.257 e. The number of carbonyl (C=O) groups is 1. The van der Waals surface area contributed by atoms with E-state index in [-0.39, 0.29) is 18.3 Å². The average Bonchev–Trinajstić information content (AvgIpc) is 3.08. The molecule has 8 heteroatoms. The van der Waals surface area contributed by atoms with Crippen LogP contribution in [0.3, 0.4) is 0 Å². The molecule has 6 nitrogen and oxygen atoms in total. The van der Waals surface area contributed by atoms with Crippen LogP contribution in [0.4, 0.5) is 9.52 Å². The maximum Gasteiger partial charge on any atom is 0.257 e. The standard InChI is InChI=1S/C17H14FN3O3S/c1-23-13-6-2-11(3-7-13)16(22)19-17-21-20-15(25-17)10-24-14-8-4-12(18)5-9-14/h2-9H,10H2,1H3,(H,19,21,22). The van der Waals surface area contributed by atoms with E-state index in [1.165, 1.54) is 35.6 Å². The lowest BCUT2D eigenvalue weighted by molar-refractivity contribution is 0.102. The summed E-state index contributed by atoms with van der Waals surface area (Å²) in [6.45, 7) is 0.182. The maximum atomic E-state index is 12.8. The molecule has 25 heavy (non-hydrogen) atoms. The molecule has 0 aliphatic rings. The number of hydrogen-bond donors (Lipinski definition) is 1. The van der Waals surface area contributed by atoms with Gasteiger partial charge >= 0.3 is 0 Å². The quantitative estimate of drug-likeness (QED) is 0.729. The van der Waals surface area contributed by atoms with Gasteiger partial charge in [-0.3, -0.25) is 10.1 Å². The minimum absolute atomic E-state index is 0.182. The van der Waals surface area contributed by atoms with E-state index in [4.69, 9.17) is 9.47 Å². The third-order valence-corrected chi connectivity index (χ3v) is 4.03. The van der Waals surface area contributed by atoms with E-state index in [1.54, 1.807) is 31.4 Å². The second kappa shape index (κ2) is 7.71. The molecule has 0 saturated carbocycles. The van der Waals surface area contributed by atoms with Crippen LogP contribution in [0.15, 0.2) is 48.5 Å². The highest BCUT2D eigenvalue weighted by molar-refractivity contribution is 7.15. The molecule has 1 amide bonds. The first-order valence-electron chi connectivity index (χ1n) is 7.30. The Morgan fingerprint density at radius 1 is 1.08 bits per heavy atom. The topological polar surface area (TPSA) is 73.3 Å². The highest BCUT2D eigenvalue weighted by atomic mass is 32.1. The molecule has 0 bridgehead atoms. The van der Waals surface area contributed by atoms with E-state index in [2.05, 4.69) is 15.5 Å². The summed E-state index contributed by atoms with van der Waals surface area (Å²) in [6, 6.07) is 12.4. The van der Waals surface area contributed by atoms with Crippen molar-refractivity contribution in [3.05, 3.63) is 64.9 Å². The fourth-order valence-electron chi connectivity index (χ4n) is 1.95. The van der Waals surface area contributed by atoms with E-state index >= 15 is 0 Å². The van der Waals surface area contributed by atoms with E-state index in [9.17, 15) is 9.18 Å². The van der Waals surface area contributed by atoms with E-state index in [1.807, 2.05) is 0 Å². The van der Waals surface area contributed by atoms with Crippen molar-refractivity contribution < 1.29 is 18.7 Å². The van der Waals surface area contributed by atoms with E-state index < -0.39 is 0 Å². The van der Waals surface area contributed by atoms with Crippen LogP contribution in [-0.4, -0.2) is 23.2 Å². The van der Waals surface area contributed by atoms with Crippen molar-refractivity contribution in [1.82, 2.24) is 10.2 Å². The van der Waals surface area contributed by atoms with Gasteiger partial charge < -0.3 is 9.47 Å². The molecule has 3 aromatic rings. The molecule has 0 unspecified atom stereocenters. The molecule has 3 rings (SSSR count). The summed E-state index contributed by atoms with van der Waals surface area (Å²) in [5.41, 5.74) is 0.486. The molecule has 128 valence electrons. The number of amides is 1. The van der Waals surface area contributed by atoms with Gasteiger partial charge in [-0.1, -0.05) is 11.3 Å². The number of methoxy groups -OCH3 is 1. The Bertz CT molecular complexity index is 850. The third-order valence-electron chi connectivity index (χ3n) is 3.22. The highest BCUT2D eigenvalue weighted by Crippen LogP contribution is 2.20. The Kier molecular flexibility index (Phi) is 5.20. The minimum atomic E-state index is -0.327. The second-order valence-corrected chi connectivity index (χ2v) is 5.99. The van der Waals surface area contributed by atoms with Gasteiger partial charge in [0, 0.05) is 5.56 Å². The van der Waals surface area contributed by atoms with Gasteiger partial charge in [-0.25, -0.2) is 4.39 Å². The van der Waals surface area contributed by atoms with Crippen LogP contribution in [0.25, 0.3) is 0 Å². The number of hydrogen-bond acceptors (Lipinski definition) is 6. The van der Waals surface area contributed by atoms with Crippen molar-refractivity contribution in [2.45, 2.75) is 6.61 Å². The Morgan fingerprint density at radius 3 is 2.44 bits per heavy atom. The summed E-state index contributed by atoms with van der Waals surface area (Å²) in [4.78, 5) is 12.2. The first-order valence-corrected chi connectivity index (χ1v) is 8.12. The summed E-state index contributed by atoms with van der Waals surface area (Å²) in [6.07, 6.45) is 0. The van der Waals surface area contributed by atoms with Gasteiger partial charge in [-0.2, -0.15) is 0 Å². The summed E-state index contributed by atoms with van der Waals surface area (Å²) >= 11 is 1.21. The molecule has 1 N–H and O–H groups in total. The molecule has 1 heterocycles. The zero-order chi connectivity index (χ0) is 17.6. The lowest BCUT2D eigenvalue weighted by atomic mass is 10.2. The molecule has 0 spiro atoms. The first kappa shape index (κ1) is 16.8. The molecule has 0 saturated heterocycles. The Labute approximate surface area is 147 Å². The maximum absolute atomic E-state index is 12.8. The Balaban J connectivity index is 1.57. The zero-order valence-electron chi connectivity index (χ0n) is 13.2. The summed E-state index contributed by atoms with van der Waals surface area (Å²) in [7, 11) is 1.56. The first-order chi connectivity index (χ1) is 12.1. The normalized spacial score (nSPS) is 10.3. The van der Waals surface area contributed by atoms with Crippen LogP contribution in [-0.2, 0) is 6.61 Å². The van der Waals surface area contributed by atoms with Crippen molar-refractivity contribution in [3.8, 4) is 11.5 Å². The van der Waals surface area contributed by atoms with E-state index in [0.29, 0.717) is 27.2 Å². The lowest BCUT2D eigenvalue weighted by Gasteiger charge is -2.03. The predicted molar refractivity (Wildman–Crippen MR) is 91.6 cm³/mol. The van der Waals surface area contributed by atoms with Crippen LogP contribution in [0.2, 0.25) is 0 Å². The molecular weight excluding hydrogens is 345 g/mol. The largest absolute Gasteiger partial charge is 0.497 e. The number of nitrogens with zero attached hydrogens (tertiary/aromatic N) is 2. The number of halogens is 1. The molecular formula is C17H14FN3O3S. The van der Waals surface area contributed by atoms with Crippen LogP contribution in [0.5, 0.6) is 11.5 Å². The fourth-order valence-corrected chi connectivity index (χ4v) is 2.60. The molecule has 0 fully saturated rings. The van der Waals surface area contributed by atoms with Gasteiger partial charge in [-0.15, -0.1) is 10.2 Å². The highest BCUT2D eigenvalue weighted by Gasteiger charge is 2.11. The number of ether oxygens (including phenoxy) is 2. The SMILES string of the molecule is COc1ccc(C(=O)Nc2nnc(COc3ccc(F)cc3)s2)cc1. The molecule has 2 aromatic carbocycles. The monoisotopic (exact) mass is 359 g/mol. The van der Waals surface area contributed by atoms with Gasteiger partial charge in [0.2, 0.25) is 5.13 Å². The number of aromatic nitrogens is 2. The number of rotatable bonds is 6. The molecule has 0 aliphatic heterocycles. The van der Waals surface area contributed by atoms with Crippen molar-refractivity contribution >= 4 is 22.4 Å². The summed E-state index contributed by atoms with van der Waals surface area (Å²) < 4.78 is 23.4. The minimum Gasteiger partial charge on any atom is -0.497 e. The third kappa shape index (κ3) is 4.51. The number of nitrogens with one attached hydrogen (secondary N) is 1. The Morgan fingerprint density at radius 2 is 1.76 bits per heavy atom. The second-order valence-electron chi connectivity index (χ2n) is 4.93. The van der Waals surface area contributed by atoms with Gasteiger partial charge in [0.15, 0.2) is 5.01 Å². The van der Waals surface area contributed by atoms with Gasteiger partial charge in [0.25, 0.3) is 5.91 Å². The van der Waals surface area contributed by atoms with E-state index in [0.717, 1.165) is 0 Å². The Hall–Kier alpha value is -3.00. The van der Waals surface area contributed by atoms with Crippen LogP contribution < -0.4 is 14.8 Å². The van der Waals surface area contributed by atoms with Crippen molar-refractivity contribution in [2.24, 2.45) is 0 Å². The molecule has 1 aromatic heterocycles. The predicted octanol–water partition coefficient (Wildman–Crippen LogP) is 3.52. The van der Waals surface area contributed by atoms with Crippen LogP contribution in [0, 0.1) is 5.82 Å². The molecule has 0 radical (unpaired) electrons. The molecule has 0 atom stereocenters. The number of carbonyl (C=O) groups excluding carboxylic acids is 1. The summed E-state index contributed by atoms with van der Waals surface area (Å²) in [5.74, 6) is 0.588. The van der Waals surface area contributed by atoms with Crippen LogP contribution in [0.1, 0.15) is 15.4 Å². The average molecular weight is 359 g/mol. The lowest BCUT2D eigenvalue weighted by Crippen LogP contribution is -2.11. The van der Waals surface area contributed by atoms with Crippen LogP contribution >= 0.6 is 11.3 Å². The van der Waals surface area contributed by atoms with Crippen molar-refractivity contribution in [1.29, 1.82) is 0 Å². The zero-order valence-corrected chi connectivity index (χ0v) is 14.0. The number of anilines is 1.